The van der Waals surface area contributed by atoms with Gasteiger partial charge in [0, 0.05) is 18.8 Å². The van der Waals surface area contributed by atoms with Crippen molar-refractivity contribution in [1.82, 2.24) is 9.97 Å². The molecule has 1 N–H and O–H groups in total. The van der Waals surface area contributed by atoms with Crippen molar-refractivity contribution >= 4 is 29.1 Å². The molecule has 0 unspecified atom stereocenters. The van der Waals surface area contributed by atoms with Crippen molar-refractivity contribution in [2.75, 3.05) is 36.5 Å². The summed E-state index contributed by atoms with van der Waals surface area (Å²) in [5.41, 5.74) is 2.97. The first kappa shape index (κ1) is 16.7. The van der Waals surface area contributed by atoms with Gasteiger partial charge in [-0.3, -0.25) is 4.79 Å². The topological polar surface area (TPSA) is 67.4 Å². The summed E-state index contributed by atoms with van der Waals surface area (Å²) in [6.45, 7) is 6.55. The van der Waals surface area contributed by atoms with Gasteiger partial charge >= 0.3 is 0 Å². The predicted octanol–water partition coefficient (Wildman–Crippen LogP) is 2.84. The number of hydrogen-bond acceptors (Lipinski definition) is 5. The molecule has 1 aliphatic rings. The van der Waals surface area contributed by atoms with Gasteiger partial charge in [0.1, 0.15) is 0 Å². The van der Waals surface area contributed by atoms with Crippen molar-refractivity contribution in [3.05, 3.63) is 46.2 Å². The number of rotatable bonds is 3. The minimum absolute atomic E-state index is 0.175. The van der Waals surface area contributed by atoms with E-state index >= 15 is 0 Å². The van der Waals surface area contributed by atoms with Crippen LogP contribution in [-0.4, -0.2) is 42.2 Å². The molecule has 24 heavy (non-hydrogen) atoms. The van der Waals surface area contributed by atoms with Gasteiger partial charge in [-0.1, -0.05) is 23.7 Å². The Kier molecular flexibility index (Phi) is 4.97. The first-order valence-electron chi connectivity index (χ1n) is 7.78. The maximum Gasteiger partial charge on any atom is 0.276 e. The Morgan fingerprint density at radius 3 is 2.79 bits per heavy atom. The smallest absolute Gasteiger partial charge is 0.276 e. The van der Waals surface area contributed by atoms with Crippen LogP contribution < -0.4 is 10.2 Å². The van der Waals surface area contributed by atoms with Gasteiger partial charge in [-0.2, -0.15) is 0 Å². The highest BCUT2D eigenvalue weighted by Gasteiger charge is 2.19. The van der Waals surface area contributed by atoms with E-state index in [1.807, 2.05) is 36.9 Å². The van der Waals surface area contributed by atoms with Gasteiger partial charge in [-0.05, 0) is 31.0 Å². The molecule has 1 aromatic heterocycles. The van der Waals surface area contributed by atoms with Crippen LogP contribution in [0.5, 0.6) is 0 Å². The summed E-state index contributed by atoms with van der Waals surface area (Å²) >= 11 is 6.14. The molecule has 0 radical (unpaired) electrons. The third-order valence-electron chi connectivity index (χ3n) is 3.88. The molecule has 2 heterocycles. The van der Waals surface area contributed by atoms with Gasteiger partial charge < -0.3 is 15.0 Å². The van der Waals surface area contributed by atoms with E-state index in [1.165, 1.54) is 6.20 Å². The summed E-state index contributed by atoms with van der Waals surface area (Å²) in [4.78, 5) is 23.2. The molecular formula is C17H19ClN4O2. The molecule has 2 aromatic rings. The molecule has 3 rings (SSSR count). The van der Waals surface area contributed by atoms with Crippen LogP contribution in [-0.2, 0) is 4.74 Å². The number of nitrogens with one attached hydrogen (secondary N) is 1. The van der Waals surface area contributed by atoms with Crippen molar-refractivity contribution in [2.45, 2.75) is 13.8 Å². The van der Waals surface area contributed by atoms with E-state index in [4.69, 9.17) is 16.3 Å². The Bertz CT molecular complexity index is 760. The fourth-order valence-corrected chi connectivity index (χ4v) is 2.66. The lowest BCUT2D eigenvalue weighted by molar-refractivity contribution is 0.102. The number of ether oxygens (including phenoxy) is 1. The van der Waals surface area contributed by atoms with Crippen LogP contribution in [0, 0.1) is 13.8 Å². The molecule has 1 aliphatic heterocycles. The number of aromatic nitrogens is 2. The second-order valence-electron chi connectivity index (χ2n) is 5.74. The zero-order chi connectivity index (χ0) is 17.1. The molecule has 0 spiro atoms. The van der Waals surface area contributed by atoms with Gasteiger partial charge in [-0.25, -0.2) is 9.97 Å². The van der Waals surface area contributed by atoms with Gasteiger partial charge in [0.05, 0.1) is 24.4 Å². The minimum atomic E-state index is -0.342. The van der Waals surface area contributed by atoms with E-state index in [0.717, 1.165) is 16.8 Å². The van der Waals surface area contributed by atoms with Crippen molar-refractivity contribution < 1.29 is 9.53 Å². The van der Waals surface area contributed by atoms with Crippen LogP contribution in [0.4, 0.5) is 11.6 Å². The zero-order valence-corrected chi connectivity index (χ0v) is 14.4. The molecule has 0 aliphatic carbocycles. The predicted molar refractivity (Wildman–Crippen MR) is 93.9 cm³/mol. The SMILES string of the molecule is Cc1ccc(C)c(NC(=O)c2nc(N3CCOCC3)ncc2Cl)c1. The normalized spacial score (nSPS) is 14.5. The second-order valence-corrected chi connectivity index (χ2v) is 6.15. The molecule has 0 bridgehead atoms. The highest BCUT2D eigenvalue weighted by atomic mass is 35.5. The zero-order valence-electron chi connectivity index (χ0n) is 13.7. The Balaban J connectivity index is 1.84. The number of aryl methyl sites for hydroxylation is 2. The average Bonchev–Trinajstić information content (AvgIpc) is 2.59. The van der Waals surface area contributed by atoms with E-state index in [9.17, 15) is 4.79 Å². The summed E-state index contributed by atoms with van der Waals surface area (Å²) in [6.07, 6.45) is 1.47. The highest BCUT2D eigenvalue weighted by Crippen LogP contribution is 2.21. The number of anilines is 2. The van der Waals surface area contributed by atoms with Gasteiger partial charge in [0.15, 0.2) is 5.69 Å². The summed E-state index contributed by atoms with van der Waals surface area (Å²) in [7, 11) is 0. The van der Waals surface area contributed by atoms with Crippen LogP contribution >= 0.6 is 11.6 Å². The molecule has 1 fully saturated rings. The van der Waals surface area contributed by atoms with Crippen LogP contribution in [0.2, 0.25) is 5.02 Å². The quantitative estimate of drug-likeness (QED) is 0.925. The minimum Gasteiger partial charge on any atom is -0.378 e. The molecule has 1 saturated heterocycles. The van der Waals surface area contributed by atoms with Crippen molar-refractivity contribution in [2.24, 2.45) is 0 Å². The molecule has 6 nitrogen and oxygen atoms in total. The van der Waals surface area contributed by atoms with E-state index in [-0.39, 0.29) is 16.6 Å². The van der Waals surface area contributed by atoms with E-state index in [2.05, 4.69) is 15.3 Å². The van der Waals surface area contributed by atoms with Gasteiger partial charge in [-0.15, -0.1) is 0 Å². The number of nitrogens with zero attached hydrogens (tertiary/aromatic N) is 3. The standard InChI is InChI=1S/C17H19ClN4O2/c1-11-3-4-12(2)14(9-11)20-16(23)15-13(18)10-19-17(21-15)22-5-7-24-8-6-22/h3-4,9-10H,5-8H2,1-2H3,(H,20,23). The first-order valence-corrected chi connectivity index (χ1v) is 8.16. The van der Waals surface area contributed by atoms with E-state index in [0.29, 0.717) is 32.3 Å². The van der Waals surface area contributed by atoms with Crippen LogP contribution in [0.1, 0.15) is 21.6 Å². The lowest BCUT2D eigenvalue weighted by atomic mass is 10.1. The maximum absolute atomic E-state index is 12.6. The number of carbonyl (C=O) groups is 1. The molecule has 0 saturated carbocycles. The number of amides is 1. The Morgan fingerprint density at radius 2 is 2.04 bits per heavy atom. The Labute approximate surface area is 145 Å². The number of benzene rings is 1. The van der Waals surface area contributed by atoms with Gasteiger partial charge in [0.25, 0.3) is 5.91 Å². The lowest BCUT2D eigenvalue weighted by Crippen LogP contribution is -2.37. The van der Waals surface area contributed by atoms with E-state index < -0.39 is 0 Å². The molecule has 7 heteroatoms. The molecule has 1 aromatic carbocycles. The molecule has 0 atom stereocenters. The summed E-state index contributed by atoms with van der Waals surface area (Å²) in [6, 6.07) is 5.89. The third kappa shape index (κ3) is 3.66. The van der Waals surface area contributed by atoms with Gasteiger partial charge in [0.2, 0.25) is 5.95 Å². The highest BCUT2D eigenvalue weighted by molar-refractivity contribution is 6.34. The molecular weight excluding hydrogens is 328 g/mol. The molecule has 126 valence electrons. The van der Waals surface area contributed by atoms with Crippen LogP contribution in [0.3, 0.4) is 0 Å². The Morgan fingerprint density at radius 1 is 1.29 bits per heavy atom. The Hall–Kier alpha value is -2.18. The fraction of sp³-hybridized carbons (Fsp3) is 0.353. The van der Waals surface area contributed by atoms with Crippen molar-refractivity contribution in [3.8, 4) is 0 Å². The van der Waals surface area contributed by atoms with Crippen molar-refractivity contribution in [3.63, 3.8) is 0 Å². The molecule has 1 amide bonds. The monoisotopic (exact) mass is 346 g/mol. The third-order valence-corrected chi connectivity index (χ3v) is 4.16. The number of morpholine rings is 1. The number of halogens is 1. The van der Waals surface area contributed by atoms with Crippen LogP contribution in [0.25, 0.3) is 0 Å². The second kappa shape index (κ2) is 7.15. The summed E-state index contributed by atoms with van der Waals surface area (Å²) in [5, 5.41) is 3.11. The fourth-order valence-electron chi connectivity index (χ4n) is 2.48. The number of carbonyl (C=O) groups excluding carboxylic acids is 1. The summed E-state index contributed by atoms with van der Waals surface area (Å²) in [5.74, 6) is 0.152. The maximum atomic E-state index is 12.6. The average molecular weight is 347 g/mol. The summed E-state index contributed by atoms with van der Waals surface area (Å²) < 4.78 is 5.32. The van der Waals surface area contributed by atoms with Crippen LogP contribution in [0.15, 0.2) is 24.4 Å². The van der Waals surface area contributed by atoms with Crippen molar-refractivity contribution in [1.29, 1.82) is 0 Å². The first-order chi connectivity index (χ1) is 11.5. The number of hydrogen-bond donors (Lipinski definition) is 1. The largest absolute Gasteiger partial charge is 0.378 e. The van der Waals surface area contributed by atoms with E-state index in [1.54, 1.807) is 0 Å². The lowest BCUT2D eigenvalue weighted by Gasteiger charge is -2.26.